The monoisotopic (exact) mass is 498 g/mol. The molecule has 3 amide bonds. The van der Waals surface area contributed by atoms with Gasteiger partial charge >= 0.3 is 0 Å². The summed E-state index contributed by atoms with van der Waals surface area (Å²) in [7, 11) is 1.60. The van der Waals surface area contributed by atoms with Crippen LogP contribution in [0.2, 0.25) is 0 Å². The smallest absolute Gasteiger partial charge is 0.269 e. The average molecular weight is 499 g/mol. The first-order valence-corrected chi connectivity index (χ1v) is 12.1. The third kappa shape index (κ3) is 6.22. The zero-order chi connectivity index (χ0) is 26.4. The number of carbonyl (C=O) groups excluding carboxylic acids is 3. The molecule has 8 heteroatoms. The van der Waals surface area contributed by atoms with E-state index < -0.39 is 11.8 Å². The minimum atomic E-state index is -0.459. The van der Waals surface area contributed by atoms with Gasteiger partial charge in [0.25, 0.3) is 5.91 Å². The summed E-state index contributed by atoms with van der Waals surface area (Å²) in [6, 6.07) is 22.4. The molecule has 0 radical (unpaired) electrons. The predicted molar refractivity (Wildman–Crippen MR) is 141 cm³/mol. The molecule has 0 saturated carbocycles. The SMILES string of the molecule is COc1ccc(C2CC(c3ccccc3)=NN2C(=O)CCC(=O)NNC(=O)c2ccc(C)cc2C)cc1. The molecule has 8 nitrogen and oxygen atoms in total. The predicted octanol–water partition coefficient (Wildman–Crippen LogP) is 4.23. The highest BCUT2D eigenvalue weighted by Gasteiger charge is 2.33. The fourth-order valence-electron chi connectivity index (χ4n) is 4.29. The molecule has 0 bridgehead atoms. The van der Waals surface area contributed by atoms with Gasteiger partial charge in [-0.25, -0.2) is 5.01 Å². The summed E-state index contributed by atoms with van der Waals surface area (Å²) >= 11 is 0. The van der Waals surface area contributed by atoms with Crippen molar-refractivity contribution in [3.05, 3.63) is 101 Å². The van der Waals surface area contributed by atoms with Crippen LogP contribution in [-0.2, 0) is 9.59 Å². The van der Waals surface area contributed by atoms with Crippen molar-refractivity contribution in [3.63, 3.8) is 0 Å². The summed E-state index contributed by atoms with van der Waals surface area (Å²) in [5, 5.41) is 6.10. The number of benzene rings is 3. The molecular formula is C29H30N4O4. The lowest BCUT2D eigenvalue weighted by molar-refractivity contribution is -0.135. The maximum Gasteiger partial charge on any atom is 0.269 e. The van der Waals surface area contributed by atoms with E-state index in [0.717, 1.165) is 33.7 Å². The molecule has 0 saturated heterocycles. The average Bonchev–Trinajstić information content (AvgIpc) is 3.36. The zero-order valence-electron chi connectivity index (χ0n) is 21.2. The first-order chi connectivity index (χ1) is 17.9. The van der Waals surface area contributed by atoms with Crippen molar-refractivity contribution in [2.75, 3.05) is 7.11 Å². The first-order valence-electron chi connectivity index (χ1n) is 12.1. The van der Waals surface area contributed by atoms with Gasteiger partial charge in [-0.1, -0.05) is 60.2 Å². The van der Waals surface area contributed by atoms with Crippen LogP contribution in [0.25, 0.3) is 0 Å². The Kier molecular flexibility index (Phi) is 7.98. The fraction of sp³-hybridized carbons (Fsp3) is 0.241. The molecule has 1 aliphatic rings. The number of hydrazine groups is 1. The van der Waals surface area contributed by atoms with Gasteiger partial charge in [0.15, 0.2) is 0 Å². The molecule has 1 atom stereocenters. The molecule has 1 unspecified atom stereocenters. The number of nitrogens with zero attached hydrogens (tertiary/aromatic N) is 2. The van der Waals surface area contributed by atoms with Crippen molar-refractivity contribution >= 4 is 23.4 Å². The molecule has 3 aromatic rings. The summed E-state index contributed by atoms with van der Waals surface area (Å²) in [6.07, 6.45) is 0.414. The first kappa shape index (κ1) is 25.6. The molecule has 0 aliphatic carbocycles. The molecule has 4 rings (SSSR count). The normalized spacial score (nSPS) is 14.6. The summed E-state index contributed by atoms with van der Waals surface area (Å²) in [5.41, 5.74) is 9.84. The van der Waals surface area contributed by atoms with Crippen LogP contribution >= 0.6 is 0 Å². The van der Waals surface area contributed by atoms with Gasteiger partial charge in [-0.3, -0.25) is 25.2 Å². The van der Waals surface area contributed by atoms with Gasteiger partial charge in [0.05, 0.1) is 18.9 Å². The lowest BCUT2D eigenvalue weighted by Gasteiger charge is -2.22. The van der Waals surface area contributed by atoms with Crippen molar-refractivity contribution < 1.29 is 19.1 Å². The number of amides is 3. The number of hydrazone groups is 1. The Morgan fingerprint density at radius 2 is 1.68 bits per heavy atom. The number of carbonyl (C=O) groups is 3. The molecule has 3 aromatic carbocycles. The number of methoxy groups -OCH3 is 1. The van der Waals surface area contributed by atoms with E-state index in [0.29, 0.717) is 12.0 Å². The molecule has 1 aliphatic heterocycles. The third-order valence-corrected chi connectivity index (χ3v) is 6.28. The van der Waals surface area contributed by atoms with Crippen LogP contribution in [0.5, 0.6) is 5.75 Å². The molecule has 1 heterocycles. The summed E-state index contributed by atoms with van der Waals surface area (Å²) in [6.45, 7) is 3.78. The molecule has 0 fully saturated rings. The van der Waals surface area contributed by atoms with Crippen LogP contribution in [0.4, 0.5) is 0 Å². The zero-order valence-corrected chi connectivity index (χ0v) is 21.2. The van der Waals surface area contributed by atoms with Crippen LogP contribution in [0.1, 0.15) is 57.9 Å². The van der Waals surface area contributed by atoms with E-state index in [1.165, 1.54) is 5.01 Å². The van der Waals surface area contributed by atoms with Crippen molar-refractivity contribution in [2.24, 2.45) is 5.10 Å². The number of aryl methyl sites for hydroxylation is 2. The van der Waals surface area contributed by atoms with Gasteiger partial charge in [0.2, 0.25) is 11.8 Å². The minimum absolute atomic E-state index is 0.0521. The molecule has 190 valence electrons. The second-order valence-electron chi connectivity index (χ2n) is 8.96. The number of hydrogen-bond acceptors (Lipinski definition) is 5. The van der Waals surface area contributed by atoms with Crippen LogP contribution in [0.3, 0.4) is 0 Å². The lowest BCUT2D eigenvalue weighted by atomic mass is 9.98. The van der Waals surface area contributed by atoms with Gasteiger partial charge < -0.3 is 4.74 Å². The summed E-state index contributed by atoms with van der Waals surface area (Å²) < 4.78 is 5.26. The van der Waals surface area contributed by atoms with Crippen molar-refractivity contribution in [2.45, 2.75) is 39.2 Å². The Hall–Kier alpha value is -4.46. The van der Waals surface area contributed by atoms with Crippen LogP contribution < -0.4 is 15.6 Å². The van der Waals surface area contributed by atoms with Crippen molar-refractivity contribution in [1.82, 2.24) is 15.9 Å². The Bertz CT molecular complexity index is 1320. The summed E-state index contributed by atoms with van der Waals surface area (Å²) in [4.78, 5) is 38.0. The van der Waals surface area contributed by atoms with Crippen LogP contribution in [0, 0.1) is 13.8 Å². The van der Waals surface area contributed by atoms with Crippen molar-refractivity contribution in [3.8, 4) is 5.75 Å². The van der Waals surface area contributed by atoms with E-state index in [4.69, 9.17) is 4.74 Å². The van der Waals surface area contributed by atoms with E-state index in [1.807, 2.05) is 80.6 Å². The molecule has 0 spiro atoms. The second-order valence-corrected chi connectivity index (χ2v) is 8.96. The van der Waals surface area contributed by atoms with E-state index >= 15 is 0 Å². The standard InChI is InChI=1S/C29H30N4O4/c1-19-9-14-24(20(2)17-19)29(36)31-30-27(34)15-16-28(35)33-26(22-10-12-23(37-3)13-11-22)18-25(32-33)21-7-5-4-6-8-21/h4-14,17,26H,15-16,18H2,1-3H3,(H,30,34)(H,31,36). The summed E-state index contributed by atoms with van der Waals surface area (Å²) in [5.74, 6) is -0.418. The van der Waals surface area contributed by atoms with Gasteiger partial charge in [0, 0.05) is 24.8 Å². The highest BCUT2D eigenvalue weighted by atomic mass is 16.5. The molecule has 37 heavy (non-hydrogen) atoms. The maximum atomic E-state index is 13.2. The Morgan fingerprint density at radius 1 is 0.946 bits per heavy atom. The third-order valence-electron chi connectivity index (χ3n) is 6.28. The molecule has 0 aromatic heterocycles. The van der Waals surface area contributed by atoms with E-state index in [1.54, 1.807) is 13.2 Å². The van der Waals surface area contributed by atoms with Crippen LogP contribution in [0.15, 0.2) is 77.9 Å². The number of rotatable bonds is 7. The Labute approximate surface area is 216 Å². The van der Waals surface area contributed by atoms with E-state index in [-0.39, 0.29) is 24.8 Å². The largest absolute Gasteiger partial charge is 0.497 e. The number of hydrogen-bond donors (Lipinski definition) is 2. The highest BCUT2D eigenvalue weighted by molar-refractivity contribution is 6.03. The van der Waals surface area contributed by atoms with Gasteiger partial charge in [0.1, 0.15) is 5.75 Å². The lowest BCUT2D eigenvalue weighted by Crippen LogP contribution is -2.42. The quantitative estimate of drug-likeness (QED) is 0.476. The van der Waals surface area contributed by atoms with E-state index in [2.05, 4.69) is 16.0 Å². The molecular weight excluding hydrogens is 468 g/mol. The van der Waals surface area contributed by atoms with Gasteiger partial charge in [-0.2, -0.15) is 5.10 Å². The van der Waals surface area contributed by atoms with Gasteiger partial charge in [-0.15, -0.1) is 0 Å². The van der Waals surface area contributed by atoms with Gasteiger partial charge in [-0.05, 0) is 48.7 Å². The van der Waals surface area contributed by atoms with E-state index in [9.17, 15) is 14.4 Å². The number of ether oxygens (including phenoxy) is 1. The fourth-order valence-corrected chi connectivity index (χ4v) is 4.29. The number of nitrogens with one attached hydrogen (secondary N) is 2. The topological polar surface area (TPSA) is 100 Å². The second kappa shape index (κ2) is 11.5. The Morgan fingerprint density at radius 3 is 2.35 bits per heavy atom. The highest BCUT2D eigenvalue weighted by Crippen LogP contribution is 2.34. The molecule has 2 N–H and O–H groups in total. The van der Waals surface area contributed by atoms with Crippen molar-refractivity contribution in [1.29, 1.82) is 0 Å². The Balaban J connectivity index is 1.40. The maximum absolute atomic E-state index is 13.2. The van der Waals surface area contributed by atoms with Crippen LogP contribution in [-0.4, -0.2) is 35.6 Å². The minimum Gasteiger partial charge on any atom is -0.497 e.